The van der Waals surface area contributed by atoms with E-state index in [1.807, 2.05) is 6.92 Å². The molecule has 1 amide bonds. The molecule has 0 aromatic carbocycles. The van der Waals surface area contributed by atoms with Gasteiger partial charge in [0, 0.05) is 18.7 Å². The van der Waals surface area contributed by atoms with E-state index in [2.05, 4.69) is 5.32 Å². The van der Waals surface area contributed by atoms with Gasteiger partial charge in [0.05, 0.1) is 0 Å². The van der Waals surface area contributed by atoms with Crippen molar-refractivity contribution in [2.24, 2.45) is 5.73 Å². The Morgan fingerprint density at radius 2 is 2.12 bits per heavy atom. The molecule has 0 spiro atoms. The smallest absolute Gasteiger partial charge is 0.246 e. The highest BCUT2D eigenvalue weighted by Crippen LogP contribution is 2.16. The van der Waals surface area contributed by atoms with Gasteiger partial charge in [0.2, 0.25) is 5.91 Å². The Hall–Kier alpha value is -0.610. The first-order valence-electron chi connectivity index (χ1n) is 6.36. The van der Waals surface area contributed by atoms with Gasteiger partial charge in [-0.05, 0) is 19.3 Å². The van der Waals surface area contributed by atoms with Crippen molar-refractivity contribution in [2.75, 3.05) is 13.2 Å². The molecule has 1 saturated carbocycles. The molecule has 94 valence electrons. The van der Waals surface area contributed by atoms with Crippen molar-refractivity contribution < 1.29 is 9.53 Å². The number of nitrogens with two attached hydrogens (primary N) is 1. The standard InChI is InChI=1S/C12H24N2O2/c1-2-8-16-9-12(15)14-11-7-5-3-4-6-10(11)13/h10-11H,2-9,13H2,1H3,(H,14,15). The fraction of sp³-hybridized carbons (Fsp3) is 0.917. The van der Waals surface area contributed by atoms with Gasteiger partial charge in [0.25, 0.3) is 0 Å². The van der Waals surface area contributed by atoms with Gasteiger partial charge in [-0.2, -0.15) is 0 Å². The predicted molar refractivity (Wildman–Crippen MR) is 64.1 cm³/mol. The van der Waals surface area contributed by atoms with Gasteiger partial charge in [-0.3, -0.25) is 4.79 Å². The number of amides is 1. The van der Waals surface area contributed by atoms with E-state index in [1.165, 1.54) is 12.8 Å². The van der Waals surface area contributed by atoms with Gasteiger partial charge in [0.1, 0.15) is 6.61 Å². The van der Waals surface area contributed by atoms with Crippen LogP contribution in [-0.4, -0.2) is 31.2 Å². The zero-order valence-electron chi connectivity index (χ0n) is 10.2. The van der Waals surface area contributed by atoms with Crippen molar-refractivity contribution in [2.45, 2.75) is 57.5 Å². The van der Waals surface area contributed by atoms with Crippen molar-refractivity contribution in [3.05, 3.63) is 0 Å². The third-order valence-corrected chi connectivity index (χ3v) is 3.00. The van der Waals surface area contributed by atoms with Crippen LogP contribution in [0.25, 0.3) is 0 Å². The van der Waals surface area contributed by atoms with Crippen LogP contribution in [0.3, 0.4) is 0 Å². The van der Waals surface area contributed by atoms with E-state index < -0.39 is 0 Å². The fourth-order valence-electron chi connectivity index (χ4n) is 2.07. The third-order valence-electron chi connectivity index (χ3n) is 3.00. The Balaban J connectivity index is 2.25. The molecule has 4 heteroatoms. The highest BCUT2D eigenvalue weighted by atomic mass is 16.5. The molecule has 1 fully saturated rings. The van der Waals surface area contributed by atoms with Crippen molar-refractivity contribution in [3.63, 3.8) is 0 Å². The van der Waals surface area contributed by atoms with Crippen LogP contribution in [0.2, 0.25) is 0 Å². The van der Waals surface area contributed by atoms with Crippen LogP contribution in [0.5, 0.6) is 0 Å². The molecule has 0 aromatic rings. The average Bonchev–Trinajstić information content (AvgIpc) is 2.45. The Labute approximate surface area is 97.9 Å². The van der Waals surface area contributed by atoms with Crippen molar-refractivity contribution >= 4 is 5.91 Å². The normalized spacial score (nSPS) is 26.1. The minimum atomic E-state index is -0.0317. The second-order valence-electron chi connectivity index (χ2n) is 4.53. The van der Waals surface area contributed by atoms with E-state index in [0.717, 1.165) is 25.7 Å². The summed E-state index contributed by atoms with van der Waals surface area (Å²) in [6, 6.07) is 0.248. The van der Waals surface area contributed by atoms with E-state index in [-0.39, 0.29) is 24.6 Å². The van der Waals surface area contributed by atoms with E-state index in [0.29, 0.717) is 6.61 Å². The second kappa shape index (κ2) is 7.63. The lowest BCUT2D eigenvalue weighted by molar-refractivity contribution is -0.126. The van der Waals surface area contributed by atoms with Crippen LogP contribution < -0.4 is 11.1 Å². The Morgan fingerprint density at radius 1 is 1.38 bits per heavy atom. The molecule has 2 atom stereocenters. The average molecular weight is 228 g/mol. The van der Waals surface area contributed by atoms with Crippen LogP contribution in [0, 0.1) is 0 Å². The minimum absolute atomic E-state index is 0.0317. The van der Waals surface area contributed by atoms with Gasteiger partial charge in [-0.25, -0.2) is 0 Å². The number of carbonyl (C=O) groups excluding carboxylic acids is 1. The molecule has 0 aliphatic heterocycles. The molecule has 1 aliphatic rings. The number of hydrogen-bond donors (Lipinski definition) is 2. The molecule has 3 N–H and O–H groups in total. The molecule has 0 radical (unpaired) electrons. The predicted octanol–water partition coefficient (Wildman–Crippen LogP) is 1.19. The first-order valence-corrected chi connectivity index (χ1v) is 6.36. The fourth-order valence-corrected chi connectivity index (χ4v) is 2.07. The molecule has 16 heavy (non-hydrogen) atoms. The summed E-state index contributed by atoms with van der Waals surface area (Å²) in [5.41, 5.74) is 6.03. The summed E-state index contributed by atoms with van der Waals surface area (Å²) < 4.78 is 5.20. The molecule has 0 saturated heterocycles. The van der Waals surface area contributed by atoms with Crippen molar-refractivity contribution in [3.8, 4) is 0 Å². The Morgan fingerprint density at radius 3 is 2.88 bits per heavy atom. The lowest BCUT2D eigenvalue weighted by atomic mass is 10.0. The largest absolute Gasteiger partial charge is 0.372 e. The number of nitrogens with one attached hydrogen (secondary N) is 1. The third kappa shape index (κ3) is 4.94. The van der Waals surface area contributed by atoms with E-state index in [4.69, 9.17) is 10.5 Å². The van der Waals surface area contributed by atoms with Crippen molar-refractivity contribution in [1.29, 1.82) is 0 Å². The highest BCUT2D eigenvalue weighted by Gasteiger charge is 2.21. The molecule has 0 bridgehead atoms. The first kappa shape index (κ1) is 13.5. The van der Waals surface area contributed by atoms with Gasteiger partial charge < -0.3 is 15.8 Å². The summed E-state index contributed by atoms with van der Waals surface area (Å²) in [4.78, 5) is 11.6. The molecule has 1 aliphatic carbocycles. The van der Waals surface area contributed by atoms with Gasteiger partial charge >= 0.3 is 0 Å². The summed E-state index contributed by atoms with van der Waals surface area (Å²) in [6.07, 6.45) is 6.53. The van der Waals surface area contributed by atoms with Gasteiger partial charge in [-0.15, -0.1) is 0 Å². The topological polar surface area (TPSA) is 64.3 Å². The zero-order chi connectivity index (χ0) is 11.8. The summed E-state index contributed by atoms with van der Waals surface area (Å²) in [7, 11) is 0. The van der Waals surface area contributed by atoms with Gasteiger partial charge in [0.15, 0.2) is 0 Å². The summed E-state index contributed by atoms with van der Waals surface area (Å²) in [5, 5.41) is 2.98. The maximum absolute atomic E-state index is 11.6. The van der Waals surface area contributed by atoms with Crippen molar-refractivity contribution in [1.82, 2.24) is 5.32 Å². The summed E-state index contributed by atoms with van der Waals surface area (Å²) in [5.74, 6) is -0.0317. The van der Waals surface area contributed by atoms with E-state index in [9.17, 15) is 4.79 Å². The number of rotatable bonds is 5. The minimum Gasteiger partial charge on any atom is -0.372 e. The number of ether oxygens (including phenoxy) is 1. The molecule has 2 unspecified atom stereocenters. The highest BCUT2D eigenvalue weighted by molar-refractivity contribution is 5.77. The van der Waals surface area contributed by atoms with E-state index in [1.54, 1.807) is 0 Å². The summed E-state index contributed by atoms with van der Waals surface area (Å²) in [6.45, 7) is 2.83. The van der Waals surface area contributed by atoms with E-state index >= 15 is 0 Å². The summed E-state index contributed by atoms with van der Waals surface area (Å²) >= 11 is 0. The number of carbonyl (C=O) groups is 1. The molecule has 0 aromatic heterocycles. The van der Waals surface area contributed by atoms with Gasteiger partial charge in [-0.1, -0.05) is 26.2 Å². The monoisotopic (exact) mass is 228 g/mol. The molecule has 4 nitrogen and oxygen atoms in total. The molecule has 1 rings (SSSR count). The Kier molecular flexibility index (Phi) is 6.42. The van der Waals surface area contributed by atoms with Crippen LogP contribution in [0.1, 0.15) is 45.4 Å². The molecular formula is C12H24N2O2. The quantitative estimate of drug-likeness (QED) is 0.549. The lowest BCUT2D eigenvalue weighted by Crippen LogP contribution is -2.48. The zero-order valence-corrected chi connectivity index (χ0v) is 10.2. The maximum atomic E-state index is 11.6. The molecular weight excluding hydrogens is 204 g/mol. The lowest BCUT2D eigenvalue weighted by Gasteiger charge is -2.22. The SMILES string of the molecule is CCCOCC(=O)NC1CCCCCC1N. The maximum Gasteiger partial charge on any atom is 0.246 e. The van der Waals surface area contributed by atoms with Crippen LogP contribution in [0.15, 0.2) is 0 Å². The van der Waals surface area contributed by atoms with Crippen LogP contribution >= 0.6 is 0 Å². The molecule has 0 heterocycles. The first-order chi connectivity index (χ1) is 7.74. The Bertz CT molecular complexity index is 209. The van der Waals surface area contributed by atoms with Crippen LogP contribution in [-0.2, 0) is 9.53 Å². The second-order valence-corrected chi connectivity index (χ2v) is 4.53. The van der Waals surface area contributed by atoms with Crippen LogP contribution in [0.4, 0.5) is 0 Å². The number of hydrogen-bond acceptors (Lipinski definition) is 3.